The van der Waals surface area contributed by atoms with E-state index in [2.05, 4.69) is 15.9 Å². The molecular weight excluding hydrogens is 305 g/mol. The summed E-state index contributed by atoms with van der Waals surface area (Å²) < 4.78 is 10.8. The van der Waals surface area contributed by atoms with E-state index in [9.17, 15) is 19.5 Å². The van der Waals surface area contributed by atoms with Crippen molar-refractivity contribution in [3.05, 3.63) is 38.3 Å². The Hall–Kier alpha value is -1.08. The number of hydrogen-bond donors (Lipinski definition) is 2. The lowest BCUT2D eigenvalue weighted by Gasteiger charge is -2.04. The zero-order chi connectivity index (χ0) is 12.5. The van der Waals surface area contributed by atoms with Crippen LogP contribution in [0, 0.1) is 10.1 Å². The van der Waals surface area contributed by atoms with Crippen molar-refractivity contribution in [2.24, 2.45) is 0 Å². The summed E-state index contributed by atoms with van der Waals surface area (Å²) in [6, 6.07) is 3.10. The maximum Gasteiger partial charge on any atom is 0.396 e. The van der Waals surface area contributed by atoms with Crippen LogP contribution in [0.1, 0.15) is 10.4 Å². The molecule has 0 aliphatic carbocycles. The number of halogens is 1. The number of rotatable bonds is 3. The Balaban J connectivity index is 3.34. The molecule has 9 heteroatoms. The maximum absolute atomic E-state index is 11.2. The van der Waals surface area contributed by atoms with E-state index in [0.717, 1.165) is 12.1 Å². The van der Waals surface area contributed by atoms with Gasteiger partial charge in [0.05, 0.1) is 10.5 Å². The molecule has 16 heavy (non-hydrogen) atoms. The zero-order valence-corrected chi connectivity index (χ0v) is 10.0. The second-order valence-electron chi connectivity index (χ2n) is 2.77. The molecule has 0 amide bonds. The second-order valence-corrected chi connectivity index (χ2v) is 5.12. The summed E-state index contributed by atoms with van der Waals surface area (Å²) in [5, 5.41) is 10.4. The van der Waals surface area contributed by atoms with Gasteiger partial charge in [0.15, 0.2) is 0 Å². The Labute approximate surface area is 97.5 Å². The first-order chi connectivity index (χ1) is 7.23. The highest BCUT2D eigenvalue weighted by Crippen LogP contribution is 2.41. The fraction of sp³-hybridized carbons (Fsp3) is 0. The minimum atomic E-state index is -4.95. The molecule has 0 fully saturated rings. The molecule has 0 spiro atoms. The average Bonchev–Trinajstić information content (AvgIpc) is 2.15. The zero-order valence-electron chi connectivity index (χ0n) is 7.53. The Morgan fingerprint density at radius 3 is 2.44 bits per heavy atom. The van der Waals surface area contributed by atoms with Crippen molar-refractivity contribution in [3.8, 4) is 0 Å². The van der Waals surface area contributed by atoms with Crippen molar-refractivity contribution in [2.45, 2.75) is 0 Å². The summed E-state index contributed by atoms with van der Waals surface area (Å²) in [5.41, 5.74) is -2.29. The predicted octanol–water partition coefficient (Wildman–Crippen LogP) is 1.68. The Morgan fingerprint density at radius 2 is 2.00 bits per heavy atom. The highest BCUT2D eigenvalue weighted by molar-refractivity contribution is 9.10. The molecule has 2 N–H and O–H groups in total. The number of nitro groups is 1. The third-order valence-corrected chi connectivity index (χ3v) is 3.12. The Bertz CT molecular complexity index is 510. The molecule has 0 aliphatic rings. The van der Waals surface area contributed by atoms with Gasteiger partial charge in [-0.15, -0.1) is 0 Å². The predicted molar refractivity (Wildman–Crippen MR) is 57.2 cm³/mol. The van der Waals surface area contributed by atoms with Crippen LogP contribution in [0.5, 0.6) is 0 Å². The number of carbonyl (C=O) groups is 1. The van der Waals surface area contributed by atoms with Crippen molar-refractivity contribution >= 4 is 34.7 Å². The molecule has 86 valence electrons. The largest absolute Gasteiger partial charge is 0.396 e. The molecule has 0 aliphatic heterocycles. The normalized spacial score (nSPS) is 11.2. The van der Waals surface area contributed by atoms with Crippen LogP contribution in [0.15, 0.2) is 22.7 Å². The lowest BCUT2D eigenvalue weighted by Crippen LogP contribution is -2.02. The fourth-order valence-corrected chi connectivity index (χ4v) is 2.03. The van der Waals surface area contributed by atoms with Crippen LogP contribution in [-0.2, 0) is 4.57 Å². The first-order valence-corrected chi connectivity index (χ1v) is 6.18. The highest BCUT2D eigenvalue weighted by atomic mass is 79.9. The van der Waals surface area contributed by atoms with Gasteiger partial charge in [-0.2, -0.15) is 0 Å². The number of carbonyl (C=O) groups excluding carboxylic acids is 1. The third-order valence-electron chi connectivity index (χ3n) is 1.66. The second kappa shape index (κ2) is 4.42. The molecule has 0 bridgehead atoms. The third kappa shape index (κ3) is 2.73. The topological polar surface area (TPSA) is 118 Å². The van der Waals surface area contributed by atoms with Crippen LogP contribution >= 0.6 is 23.5 Å². The monoisotopic (exact) mass is 309 g/mol. The summed E-state index contributed by atoms with van der Waals surface area (Å²) in [6.07, 6.45) is 0. The molecule has 0 aromatic heterocycles. The number of non-ortho nitro benzene ring substituents is 1. The first-order valence-electron chi connectivity index (χ1n) is 3.78. The number of nitrogens with zero attached hydrogens (tertiary/aromatic N) is 1. The van der Waals surface area contributed by atoms with Gasteiger partial charge in [-0.3, -0.25) is 19.5 Å². The van der Waals surface area contributed by atoms with Crippen molar-refractivity contribution < 1.29 is 24.1 Å². The minimum Gasteiger partial charge on any atom is -0.319 e. The van der Waals surface area contributed by atoms with Gasteiger partial charge in [-0.25, -0.2) is 0 Å². The molecule has 0 saturated carbocycles. The number of benzene rings is 1. The maximum atomic E-state index is 11.2. The average molecular weight is 310 g/mol. The van der Waals surface area contributed by atoms with Crippen LogP contribution in [0.25, 0.3) is 0 Å². The van der Waals surface area contributed by atoms with Gasteiger partial charge in [0.2, 0.25) is 0 Å². The first kappa shape index (κ1) is 13.0. The standard InChI is InChI=1S/C7H5BrNO6P/c8-6-2-1-4(9(11)12)3-5(6)7(10)16(13,14)15/h1-3H,(H2,13,14,15). The van der Waals surface area contributed by atoms with Crippen molar-refractivity contribution in [1.29, 1.82) is 0 Å². The summed E-state index contributed by atoms with van der Waals surface area (Å²) in [7, 11) is -4.95. The van der Waals surface area contributed by atoms with E-state index >= 15 is 0 Å². The van der Waals surface area contributed by atoms with Crippen LogP contribution in [-0.4, -0.2) is 20.2 Å². The van der Waals surface area contributed by atoms with Crippen molar-refractivity contribution in [3.63, 3.8) is 0 Å². The van der Waals surface area contributed by atoms with E-state index in [1.165, 1.54) is 6.07 Å². The van der Waals surface area contributed by atoms with E-state index in [-0.39, 0.29) is 4.47 Å². The minimum absolute atomic E-state index is 0.0893. The summed E-state index contributed by atoms with van der Waals surface area (Å²) in [4.78, 5) is 38.2. The summed E-state index contributed by atoms with van der Waals surface area (Å²) in [5.74, 6) is 0. The van der Waals surface area contributed by atoms with Gasteiger partial charge in [0.1, 0.15) is 0 Å². The van der Waals surface area contributed by atoms with Crippen molar-refractivity contribution in [2.75, 3.05) is 0 Å². The summed E-state index contributed by atoms with van der Waals surface area (Å²) >= 11 is 2.89. The quantitative estimate of drug-likeness (QED) is 0.498. The van der Waals surface area contributed by atoms with E-state index < -0.39 is 29.3 Å². The van der Waals surface area contributed by atoms with E-state index in [0.29, 0.717) is 0 Å². The lowest BCUT2D eigenvalue weighted by molar-refractivity contribution is -0.384. The van der Waals surface area contributed by atoms with Crippen molar-refractivity contribution in [1.82, 2.24) is 0 Å². The van der Waals surface area contributed by atoms with Gasteiger partial charge in [0, 0.05) is 16.6 Å². The van der Waals surface area contributed by atoms with E-state index in [4.69, 9.17) is 9.79 Å². The molecule has 1 aromatic carbocycles. The molecular formula is C7H5BrNO6P. The molecule has 7 nitrogen and oxygen atoms in total. The lowest BCUT2D eigenvalue weighted by atomic mass is 10.2. The molecule has 0 saturated heterocycles. The van der Waals surface area contributed by atoms with Crippen LogP contribution in [0.2, 0.25) is 0 Å². The van der Waals surface area contributed by atoms with Gasteiger partial charge in [-0.1, -0.05) is 15.9 Å². The smallest absolute Gasteiger partial charge is 0.319 e. The fourth-order valence-electron chi connectivity index (χ4n) is 0.948. The van der Waals surface area contributed by atoms with Crippen LogP contribution in [0.4, 0.5) is 5.69 Å². The highest BCUT2D eigenvalue weighted by Gasteiger charge is 2.30. The Morgan fingerprint density at radius 1 is 1.44 bits per heavy atom. The van der Waals surface area contributed by atoms with E-state index in [1.807, 2.05) is 0 Å². The van der Waals surface area contributed by atoms with E-state index in [1.54, 1.807) is 0 Å². The SMILES string of the molecule is O=C(c1cc([N+](=O)[O-])ccc1Br)P(=O)(O)O. The van der Waals surface area contributed by atoms with Gasteiger partial charge in [0.25, 0.3) is 11.2 Å². The summed E-state index contributed by atoms with van der Waals surface area (Å²) in [6.45, 7) is 0. The molecule has 0 radical (unpaired) electrons. The van der Waals surface area contributed by atoms with Crippen LogP contribution < -0.4 is 0 Å². The van der Waals surface area contributed by atoms with Gasteiger partial charge in [-0.05, 0) is 6.07 Å². The number of hydrogen-bond acceptors (Lipinski definition) is 4. The molecule has 1 rings (SSSR count). The van der Waals surface area contributed by atoms with Gasteiger partial charge >= 0.3 is 7.60 Å². The molecule has 0 atom stereocenters. The molecule has 0 unspecified atom stereocenters. The number of nitro benzene ring substituents is 1. The van der Waals surface area contributed by atoms with Gasteiger partial charge < -0.3 is 9.79 Å². The molecule has 1 aromatic rings. The molecule has 0 heterocycles. The van der Waals surface area contributed by atoms with Crippen LogP contribution in [0.3, 0.4) is 0 Å². The Kier molecular flexibility index (Phi) is 3.59.